The Morgan fingerprint density at radius 2 is 2.13 bits per heavy atom. The Hall–Kier alpha value is -1.80. The molecule has 0 aliphatic carbocycles. The van der Waals surface area contributed by atoms with E-state index in [1.54, 1.807) is 12.0 Å². The summed E-state index contributed by atoms with van der Waals surface area (Å²) in [7, 11) is 1.64. The van der Waals surface area contributed by atoms with Crippen LogP contribution in [0.15, 0.2) is 41.3 Å². The van der Waals surface area contributed by atoms with E-state index in [1.165, 1.54) is 23.1 Å². The summed E-state index contributed by atoms with van der Waals surface area (Å²) in [5.41, 5.74) is 1.91. The zero-order chi connectivity index (χ0) is 21.1. The molecule has 3 aromatic rings. The Labute approximate surface area is 189 Å². The number of aryl methyl sites for hydroxylation is 1. The first kappa shape index (κ1) is 21.4. The van der Waals surface area contributed by atoms with E-state index < -0.39 is 0 Å². The highest BCUT2D eigenvalue weighted by Crippen LogP contribution is 2.36. The summed E-state index contributed by atoms with van der Waals surface area (Å²) >= 11 is 9.36. The second-order valence-corrected chi connectivity index (χ2v) is 9.58. The van der Waals surface area contributed by atoms with Crippen molar-refractivity contribution in [3.05, 3.63) is 47.0 Å². The number of thiazole rings is 1. The van der Waals surface area contributed by atoms with Crippen LogP contribution in [0, 0.1) is 6.92 Å². The molecule has 0 saturated carbocycles. The molecule has 1 atom stereocenters. The van der Waals surface area contributed by atoms with E-state index in [4.69, 9.17) is 26.1 Å². The Morgan fingerprint density at radius 1 is 1.33 bits per heavy atom. The largest absolute Gasteiger partial charge is 0.497 e. The Morgan fingerprint density at radius 3 is 2.80 bits per heavy atom. The molecule has 0 bridgehead atoms. The van der Waals surface area contributed by atoms with Gasteiger partial charge in [-0.15, -0.1) is 11.8 Å². The highest BCUT2D eigenvalue weighted by atomic mass is 35.5. The minimum Gasteiger partial charge on any atom is -0.497 e. The molecular weight excluding hydrogens is 440 g/mol. The number of methoxy groups -OCH3 is 1. The third-order valence-electron chi connectivity index (χ3n) is 5.05. The molecule has 5 nitrogen and oxygen atoms in total. The van der Waals surface area contributed by atoms with Crippen molar-refractivity contribution in [2.45, 2.75) is 30.8 Å². The fourth-order valence-electron chi connectivity index (χ4n) is 3.38. The zero-order valence-corrected chi connectivity index (χ0v) is 19.3. The van der Waals surface area contributed by atoms with E-state index in [0.717, 1.165) is 45.9 Å². The van der Waals surface area contributed by atoms with Crippen molar-refractivity contribution in [2.24, 2.45) is 0 Å². The van der Waals surface area contributed by atoms with E-state index in [9.17, 15) is 4.79 Å². The highest BCUT2D eigenvalue weighted by Gasteiger charge is 2.26. The van der Waals surface area contributed by atoms with Crippen LogP contribution < -0.4 is 9.64 Å². The van der Waals surface area contributed by atoms with Gasteiger partial charge in [0, 0.05) is 11.5 Å². The molecule has 1 saturated heterocycles. The summed E-state index contributed by atoms with van der Waals surface area (Å²) in [6.07, 6.45) is 2.03. The lowest BCUT2D eigenvalue weighted by molar-refractivity contribution is -0.116. The minimum absolute atomic E-state index is 0.0131. The summed E-state index contributed by atoms with van der Waals surface area (Å²) in [6.45, 7) is 3.27. The van der Waals surface area contributed by atoms with Gasteiger partial charge >= 0.3 is 0 Å². The van der Waals surface area contributed by atoms with Gasteiger partial charge in [0.05, 0.1) is 40.8 Å². The Kier molecular flexibility index (Phi) is 6.83. The number of thioether (sulfide) groups is 1. The van der Waals surface area contributed by atoms with E-state index in [0.29, 0.717) is 22.5 Å². The third-order valence-corrected chi connectivity index (χ3v) is 7.59. The van der Waals surface area contributed by atoms with Gasteiger partial charge in [-0.1, -0.05) is 29.0 Å². The van der Waals surface area contributed by atoms with Gasteiger partial charge in [0.2, 0.25) is 5.91 Å². The number of halogens is 1. The summed E-state index contributed by atoms with van der Waals surface area (Å²) in [5.74, 6) is 1.13. The van der Waals surface area contributed by atoms with Crippen LogP contribution in [0.2, 0.25) is 5.02 Å². The van der Waals surface area contributed by atoms with Crippen molar-refractivity contribution in [3.8, 4) is 5.75 Å². The van der Waals surface area contributed by atoms with Crippen LogP contribution in [0.5, 0.6) is 5.75 Å². The lowest BCUT2D eigenvalue weighted by atomic mass is 10.2. The average Bonchev–Trinajstić information content (AvgIpc) is 3.44. The van der Waals surface area contributed by atoms with Crippen molar-refractivity contribution in [1.29, 1.82) is 0 Å². The maximum Gasteiger partial charge on any atom is 0.239 e. The van der Waals surface area contributed by atoms with Gasteiger partial charge in [-0.25, -0.2) is 4.98 Å². The van der Waals surface area contributed by atoms with Crippen molar-refractivity contribution in [1.82, 2.24) is 4.98 Å². The van der Waals surface area contributed by atoms with E-state index in [2.05, 4.69) is 0 Å². The number of benzene rings is 2. The number of carbonyl (C=O) groups excluding carboxylic acids is 1. The molecule has 1 fully saturated rings. The SMILES string of the molecule is COc1ccc(SCC(=O)N(CC2CCCO2)c2nc3c(C)ccc(Cl)c3s2)cc1. The maximum atomic E-state index is 13.2. The predicted octanol–water partition coefficient (Wildman–Crippen LogP) is 5.57. The first-order valence-electron chi connectivity index (χ1n) is 9.79. The van der Waals surface area contributed by atoms with E-state index >= 15 is 0 Å². The number of carbonyl (C=O) groups is 1. The second-order valence-electron chi connectivity index (χ2n) is 7.14. The molecule has 1 unspecified atom stereocenters. The monoisotopic (exact) mass is 462 g/mol. The molecule has 2 heterocycles. The fraction of sp³-hybridized carbons (Fsp3) is 0.364. The summed E-state index contributed by atoms with van der Waals surface area (Å²) < 4.78 is 11.9. The van der Waals surface area contributed by atoms with E-state index in [-0.39, 0.29) is 12.0 Å². The quantitative estimate of drug-likeness (QED) is 0.429. The van der Waals surface area contributed by atoms with E-state index in [1.807, 2.05) is 43.3 Å². The van der Waals surface area contributed by atoms with Crippen LogP contribution in [-0.4, -0.2) is 43.0 Å². The number of nitrogens with zero attached hydrogens (tertiary/aromatic N) is 2. The van der Waals surface area contributed by atoms with Gasteiger partial charge in [0.25, 0.3) is 0 Å². The van der Waals surface area contributed by atoms with Crippen molar-refractivity contribution >= 4 is 56.0 Å². The molecule has 1 aliphatic heterocycles. The van der Waals surface area contributed by atoms with Gasteiger partial charge in [0.1, 0.15) is 5.75 Å². The molecule has 1 amide bonds. The number of rotatable bonds is 7. The topological polar surface area (TPSA) is 51.7 Å². The number of anilines is 1. The van der Waals surface area contributed by atoms with Gasteiger partial charge < -0.3 is 9.47 Å². The highest BCUT2D eigenvalue weighted by molar-refractivity contribution is 8.00. The molecule has 0 radical (unpaired) electrons. The molecule has 4 rings (SSSR count). The van der Waals surface area contributed by atoms with Crippen LogP contribution in [0.4, 0.5) is 5.13 Å². The van der Waals surface area contributed by atoms with Gasteiger partial charge in [-0.3, -0.25) is 9.69 Å². The Bertz CT molecular complexity index is 994. The maximum absolute atomic E-state index is 13.2. The Balaban J connectivity index is 1.56. The van der Waals surface area contributed by atoms with Crippen LogP contribution in [0.1, 0.15) is 18.4 Å². The number of aromatic nitrogens is 1. The molecule has 2 aromatic carbocycles. The molecular formula is C22H23ClN2O3S2. The van der Waals surface area contributed by atoms with Crippen molar-refractivity contribution in [2.75, 3.05) is 30.9 Å². The molecule has 0 spiro atoms. The lowest BCUT2D eigenvalue weighted by Gasteiger charge is -2.23. The molecule has 1 aliphatic rings. The van der Waals surface area contributed by atoms with Crippen molar-refractivity contribution in [3.63, 3.8) is 0 Å². The number of hydrogen-bond donors (Lipinski definition) is 0. The normalized spacial score (nSPS) is 16.2. The average molecular weight is 463 g/mol. The molecule has 8 heteroatoms. The number of fused-ring (bicyclic) bond motifs is 1. The van der Waals surface area contributed by atoms with Crippen molar-refractivity contribution < 1.29 is 14.3 Å². The fourth-order valence-corrected chi connectivity index (χ4v) is 5.50. The molecule has 1 aromatic heterocycles. The third kappa shape index (κ3) is 4.75. The standard InChI is InChI=1S/C22H23ClN2O3S2/c1-14-5-10-18(23)21-20(14)24-22(30-21)25(12-16-4-3-11-28-16)19(26)13-29-17-8-6-15(27-2)7-9-17/h5-10,16H,3-4,11-13H2,1-2H3. The molecule has 30 heavy (non-hydrogen) atoms. The first-order valence-corrected chi connectivity index (χ1v) is 12.0. The van der Waals surface area contributed by atoms with Gasteiger partial charge in [-0.05, 0) is 55.7 Å². The number of hydrogen-bond acceptors (Lipinski definition) is 6. The van der Waals surface area contributed by atoms with Gasteiger partial charge in [-0.2, -0.15) is 0 Å². The summed E-state index contributed by atoms with van der Waals surface area (Å²) in [5, 5.41) is 1.34. The summed E-state index contributed by atoms with van der Waals surface area (Å²) in [6, 6.07) is 11.6. The zero-order valence-electron chi connectivity index (χ0n) is 16.9. The molecule has 158 valence electrons. The van der Waals surface area contributed by atoms with Gasteiger partial charge in [0.15, 0.2) is 5.13 Å². The minimum atomic E-state index is 0.0131. The smallest absolute Gasteiger partial charge is 0.239 e. The predicted molar refractivity (Wildman–Crippen MR) is 124 cm³/mol. The first-order chi connectivity index (χ1) is 14.5. The van der Waals surface area contributed by atoms with Crippen LogP contribution in [0.25, 0.3) is 10.2 Å². The lowest BCUT2D eigenvalue weighted by Crippen LogP contribution is -2.38. The van der Waals surface area contributed by atoms with Crippen LogP contribution >= 0.6 is 34.7 Å². The second kappa shape index (κ2) is 9.56. The van der Waals surface area contributed by atoms with Crippen LogP contribution in [-0.2, 0) is 9.53 Å². The number of ether oxygens (including phenoxy) is 2. The summed E-state index contributed by atoms with van der Waals surface area (Å²) in [4.78, 5) is 20.8. The van der Waals surface area contributed by atoms with Crippen LogP contribution in [0.3, 0.4) is 0 Å². The number of amides is 1. The molecule has 0 N–H and O–H groups in total.